The molecule has 6 heteroatoms. The summed E-state index contributed by atoms with van der Waals surface area (Å²) in [5.74, 6) is 0. The Hall–Kier alpha value is -1.52. The van der Waals surface area contributed by atoms with Gasteiger partial charge in [-0.3, -0.25) is 9.55 Å². The average molecular weight is 377 g/mol. The van der Waals surface area contributed by atoms with Crippen LogP contribution in [0.1, 0.15) is 5.56 Å². The number of fused-ring (bicyclic) bond motifs is 1. The van der Waals surface area contributed by atoms with Crippen molar-refractivity contribution in [2.45, 2.75) is 6.54 Å². The second kappa shape index (κ2) is 6.31. The van der Waals surface area contributed by atoms with Crippen LogP contribution in [0.3, 0.4) is 0 Å². The highest BCUT2D eigenvalue weighted by molar-refractivity contribution is 9.10. The van der Waals surface area contributed by atoms with Crippen LogP contribution >= 0.6 is 23.4 Å². The molecule has 0 aliphatic carbocycles. The molecule has 0 radical (unpaired) electrons. The SMILES string of the molecule is O=P(O)(NCc1ccncc1)c1ccc(Br)c2ccccc12. The summed E-state index contributed by atoms with van der Waals surface area (Å²) in [7, 11) is -3.67. The summed E-state index contributed by atoms with van der Waals surface area (Å²) >= 11 is 3.47. The lowest BCUT2D eigenvalue weighted by atomic mass is 10.1. The molecule has 0 aliphatic heterocycles. The van der Waals surface area contributed by atoms with Crippen LogP contribution in [0.5, 0.6) is 0 Å². The summed E-state index contributed by atoms with van der Waals surface area (Å²) in [5.41, 5.74) is 0.908. The zero-order valence-corrected chi connectivity index (χ0v) is 14.1. The Kier molecular flexibility index (Phi) is 4.41. The lowest BCUT2D eigenvalue weighted by molar-refractivity contribution is 0.475. The molecule has 0 spiro atoms. The first-order valence-corrected chi connectivity index (χ1v) is 9.18. The molecule has 0 bridgehead atoms. The Morgan fingerprint density at radius 2 is 1.73 bits per heavy atom. The van der Waals surface area contributed by atoms with Gasteiger partial charge in [0.05, 0.1) is 5.30 Å². The van der Waals surface area contributed by atoms with Crippen LogP contribution in [-0.4, -0.2) is 9.88 Å². The predicted molar refractivity (Wildman–Crippen MR) is 92.2 cm³/mol. The average Bonchev–Trinajstić information content (AvgIpc) is 2.54. The molecular weight excluding hydrogens is 363 g/mol. The molecule has 1 atom stereocenters. The molecule has 3 rings (SSSR count). The fraction of sp³-hybridized carbons (Fsp3) is 0.0625. The van der Waals surface area contributed by atoms with E-state index in [1.807, 2.05) is 36.4 Å². The minimum Gasteiger partial charge on any atom is -0.330 e. The maximum atomic E-state index is 12.7. The van der Waals surface area contributed by atoms with E-state index in [1.165, 1.54) is 0 Å². The van der Waals surface area contributed by atoms with Gasteiger partial charge >= 0.3 is 0 Å². The number of rotatable bonds is 4. The normalized spacial score (nSPS) is 13.9. The quantitative estimate of drug-likeness (QED) is 0.683. The molecule has 112 valence electrons. The fourth-order valence-corrected chi connectivity index (χ4v) is 4.14. The van der Waals surface area contributed by atoms with Crippen LogP contribution in [0.25, 0.3) is 10.8 Å². The van der Waals surface area contributed by atoms with Crippen molar-refractivity contribution in [3.63, 3.8) is 0 Å². The predicted octanol–water partition coefficient (Wildman–Crippen LogP) is 3.60. The fourth-order valence-electron chi connectivity index (χ4n) is 2.29. The van der Waals surface area contributed by atoms with Gasteiger partial charge in [0.15, 0.2) is 0 Å². The van der Waals surface area contributed by atoms with Crippen LogP contribution in [0.15, 0.2) is 65.4 Å². The van der Waals surface area contributed by atoms with Crippen molar-refractivity contribution in [3.05, 3.63) is 71.0 Å². The molecule has 1 heterocycles. The monoisotopic (exact) mass is 376 g/mol. The molecule has 0 saturated heterocycles. The second-order valence-corrected chi connectivity index (χ2v) is 7.68. The molecule has 0 amide bonds. The number of benzene rings is 2. The molecule has 2 aromatic carbocycles. The smallest absolute Gasteiger partial charge is 0.298 e. The van der Waals surface area contributed by atoms with Crippen molar-refractivity contribution in [1.29, 1.82) is 0 Å². The first kappa shape index (κ1) is 15.4. The first-order valence-electron chi connectivity index (χ1n) is 6.72. The number of nitrogens with one attached hydrogen (secondary N) is 1. The van der Waals surface area contributed by atoms with Crippen molar-refractivity contribution >= 4 is 39.5 Å². The Morgan fingerprint density at radius 1 is 1.05 bits per heavy atom. The van der Waals surface area contributed by atoms with E-state index in [0.717, 1.165) is 20.8 Å². The molecule has 0 saturated carbocycles. The van der Waals surface area contributed by atoms with Gasteiger partial charge in [0, 0.05) is 23.4 Å². The summed E-state index contributed by atoms with van der Waals surface area (Å²) in [4.78, 5) is 14.4. The van der Waals surface area contributed by atoms with Crippen molar-refractivity contribution in [2.24, 2.45) is 0 Å². The van der Waals surface area contributed by atoms with E-state index in [2.05, 4.69) is 26.0 Å². The van der Waals surface area contributed by atoms with E-state index in [1.54, 1.807) is 24.5 Å². The number of nitrogens with zero attached hydrogens (tertiary/aromatic N) is 1. The number of aromatic nitrogens is 1. The van der Waals surface area contributed by atoms with E-state index in [-0.39, 0.29) is 0 Å². The highest BCUT2D eigenvalue weighted by Gasteiger charge is 2.23. The van der Waals surface area contributed by atoms with Crippen molar-refractivity contribution < 1.29 is 9.46 Å². The molecule has 4 nitrogen and oxygen atoms in total. The maximum Gasteiger partial charge on any atom is 0.298 e. The molecule has 22 heavy (non-hydrogen) atoms. The summed E-state index contributed by atoms with van der Waals surface area (Å²) in [5, 5.41) is 4.87. The molecule has 3 aromatic rings. The van der Waals surface area contributed by atoms with Crippen LogP contribution in [-0.2, 0) is 11.1 Å². The van der Waals surface area contributed by atoms with Crippen molar-refractivity contribution in [3.8, 4) is 0 Å². The lowest BCUT2D eigenvalue weighted by Crippen LogP contribution is -2.19. The highest BCUT2D eigenvalue weighted by Crippen LogP contribution is 2.38. The molecule has 1 unspecified atom stereocenters. The summed E-state index contributed by atoms with van der Waals surface area (Å²) < 4.78 is 13.6. The van der Waals surface area contributed by atoms with E-state index in [9.17, 15) is 9.46 Å². The van der Waals surface area contributed by atoms with Gasteiger partial charge in [0.25, 0.3) is 7.52 Å². The van der Waals surface area contributed by atoms with Gasteiger partial charge in [0.1, 0.15) is 0 Å². The minimum absolute atomic E-state index is 0.306. The zero-order valence-electron chi connectivity index (χ0n) is 11.6. The van der Waals surface area contributed by atoms with E-state index in [0.29, 0.717) is 11.8 Å². The Morgan fingerprint density at radius 3 is 2.45 bits per heavy atom. The molecule has 0 fully saturated rings. The second-order valence-electron chi connectivity index (χ2n) is 4.88. The van der Waals surface area contributed by atoms with Gasteiger partial charge in [-0.2, -0.15) is 0 Å². The van der Waals surface area contributed by atoms with Crippen LogP contribution in [0.2, 0.25) is 0 Å². The summed E-state index contributed by atoms with van der Waals surface area (Å²) in [6, 6.07) is 14.7. The Balaban J connectivity index is 1.95. The van der Waals surface area contributed by atoms with Crippen molar-refractivity contribution in [2.75, 3.05) is 0 Å². The minimum atomic E-state index is -3.67. The maximum absolute atomic E-state index is 12.7. The van der Waals surface area contributed by atoms with Gasteiger partial charge in [-0.1, -0.05) is 40.2 Å². The van der Waals surface area contributed by atoms with Gasteiger partial charge in [-0.05, 0) is 40.6 Å². The number of halogens is 1. The van der Waals surface area contributed by atoms with E-state index in [4.69, 9.17) is 0 Å². The van der Waals surface area contributed by atoms with Crippen LogP contribution in [0, 0.1) is 0 Å². The molecule has 1 aromatic heterocycles. The highest BCUT2D eigenvalue weighted by atomic mass is 79.9. The van der Waals surface area contributed by atoms with Gasteiger partial charge in [-0.25, -0.2) is 5.09 Å². The third kappa shape index (κ3) is 3.13. The molecule has 0 aliphatic rings. The summed E-state index contributed by atoms with van der Waals surface area (Å²) in [6.45, 7) is 0.306. The summed E-state index contributed by atoms with van der Waals surface area (Å²) in [6.07, 6.45) is 3.32. The number of pyridine rings is 1. The lowest BCUT2D eigenvalue weighted by Gasteiger charge is -2.16. The Labute approximate surface area is 136 Å². The Bertz CT molecular complexity index is 855. The third-order valence-corrected chi connectivity index (χ3v) is 5.74. The third-order valence-electron chi connectivity index (χ3n) is 3.42. The van der Waals surface area contributed by atoms with E-state index < -0.39 is 7.52 Å². The number of hydrogen-bond donors (Lipinski definition) is 2. The van der Waals surface area contributed by atoms with Crippen LogP contribution < -0.4 is 10.4 Å². The first-order chi connectivity index (χ1) is 10.6. The standard InChI is InChI=1S/C16H14BrN2O2P/c17-15-5-6-16(14-4-2-1-3-13(14)15)22(20,21)19-11-12-7-9-18-10-8-12/h1-10H,11H2,(H2,19,20,21). The van der Waals surface area contributed by atoms with Crippen molar-refractivity contribution in [1.82, 2.24) is 10.1 Å². The largest absolute Gasteiger partial charge is 0.330 e. The number of hydrogen-bond acceptors (Lipinski definition) is 2. The van der Waals surface area contributed by atoms with Gasteiger partial charge in [-0.15, -0.1) is 0 Å². The van der Waals surface area contributed by atoms with Crippen LogP contribution in [0.4, 0.5) is 0 Å². The van der Waals surface area contributed by atoms with Gasteiger partial charge in [0.2, 0.25) is 0 Å². The molecular formula is C16H14BrN2O2P. The van der Waals surface area contributed by atoms with Gasteiger partial charge < -0.3 is 4.89 Å². The molecule has 2 N–H and O–H groups in total. The van der Waals surface area contributed by atoms with E-state index >= 15 is 0 Å². The zero-order chi connectivity index (χ0) is 15.6. The topological polar surface area (TPSA) is 62.2 Å².